The summed E-state index contributed by atoms with van der Waals surface area (Å²) in [6.07, 6.45) is 6.79. The molecular formula is C16H15BrClN5O2. The Hall–Kier alpha value is -2.32. The molecule has 1 aromatic carbocycles. The highest BCUT2D eigenvalue weighted by Crippen LogP contribution is 2.16. The van der Waals surface area contributed by atoms with Gasteiger partial charge in [-0.05, 0) is 24.3 Å². The zero-order chi connectivity index (χ0) is 17.6. The third-order valence-corrected chi connectivity index (χ3v) is 3.99. The van der Waals surface area contributed by atoms with E-state index in [1.54, 1.807) is 28.0 Å². The van der Waals surface area contributed by atoms with E-state index in [0.29, 0.717) is 23.7 Å². The fourth-order valence-corrected chi connectivity index (χ4v) is 2.49. The Morgan fingerprint density at radius 3 is 2.64 bits per heavy atom. The number of nitrogens with one attached hydrogen (secondary N) is 1. The van der Waals surface area contributed by atoms with Crippen LogP contribution in [0.1, 0.15) is 6.42 Å². The molecule has 0 unspecified atom stereocenters. The van der Waals surface area contributed by atoms with Crippen molar-refractivity contribution in [1.29, 1.82) is 0 Å². The molecule has 9 heteroatoms. The third-order valence-electron chi connectivity index (χ3n) is 3.26. The molecule has 0 aliphatic rings. The van der Waals surface area contributed by atoms with Crippen LogP contribution < -0.4 is 10.1 Å². The Kier molecular flexibility index (Phi) is 5.72. The molecule has 0 aliphatic heterocycles. The molecule has 1 amide bonds. The van der Waals surface area contributed by atoms with Gasteiger partial charge in [-0.2, -0.15) is 10.2 Å². The van der Waals surface area contributed by atoms with E-state index in [2.05, 4.69) is 31.4 Å². The molecule has 3 aromatic rings. The molecule has 0 spiro atoms. The second-order valence-corrected chi connectivity index (χ2v) is 6.57. The predicted octanol–water partition coefficient (Wildman–Crippen LogP) is 3.56. The van der Waals surface area contributed by atoms with Crippen LogP contribution in [-0.4, -0.2) is 25.5 Å². The van der Waals surface area contributed by atoms with Gasteiger partial charge in [-0.25, -0.2) is 4.68 Å². The van der Waals surface area contributed by atoms with E-state index in [4.69, 9.17) is 16.3 Å². The second-order valence-electron chi connectivity index (χ2n) is 5.22. The second kappa shape index (κ2) is 8.17. The van der Waals surface area contributed by atoms with Gasteiger partial charge in [0.2, 0.25) is 5.91 Å². The number of rotatable bonds is 7. The van der Waals surface area contributed by atoms with Crippen LogP contribution in [0.2, 0.25) is 5.02 Å². The summed E-state index contributed by atoms with van der Waals surface area (Å²) in [4.78, 5) is 12.0. The summed E-state index contributed by atoms with van der Waals surface area (Å²) in [7, 11) is 0. The largest absolute Gasteiger partial charge is 0.471 e. The van der Waals surface area contributed by atoms with Gasteiger partial charge in [0.25, 0.3) is 0 Å². The average Bonchev–Trinajstić information content (AvgIpc) is 3.21. The van der Waals surface area contributed by atoms with Crippen LogP contribution in [-0.2, 0) is 18.1 Å². The molecule has 2 heterocycles. The smallest absolute Gasteiger partial charge is 0.226 e. The zero-order valence-electron chi connectivity index (χ0n) is 13.1. The van der Waals surface area contributed by atoms with Crippen molar-refractivity contribution in [1.82, 2.24) is 19.6 Å². The van der Waals surface area contributed by atoms with Gasteiger partial charge >= 0.3 is 0 Å². The summed E-state index contributed by atoms with van der Waals surface area (Å²) in [5.74, 6) is 0.613. The van der Waals surface area contributed by atoms with Crippen LogP contribution in [0.15, 0.2) is 53.5 Å². The minimum Gasteiger partial charge on any atom is -0.471 e. The summed E-state index contributed by atoms with van der Waals surface area (Å²) in [5.41, 5.74) is 0.614. The summed E-state index contributed by atoms with van der Waals surface area (Å²) < 4.78 is 9.83. The maximum atomic E-state index is 12.0. The van der Waals surface area contributed by atoms with Gasteiger partial charge in [0.05, 0.1) is 29.3 Å². The molecular weight excluding hydrogens is 410 g/mol. The number of ether oxygens (including phenoxy) is 1. The average molecular weight is 425 g/mol. The molecule has 0 fully saturated rings. The number of carbonyl (C=O) groups is 1. The molecule has 0 atom stereocenters. The molecule has 7 nitrogen and oxygen atoms in total. The lowest BCUT2D eigenvalue weighted by atomic mass is 10.3. The van der Waals surface area contributed by atoms with Crippen LogP contribution in [0, 0.1) is 0 Å². The lowest BCUT2D eigenvalue weighted by Gasteiger charge is -2.06. The molecule has 25 heavy (non-hydrogen) atoms. The van der Waals surface area contributed by atoms with E-state index in [9.17, 15) is 4.79 Å². The Labute approximate surface area is 157 Å². The van der Waals surface area contributed by atoms with Gasteiger partial charge in [-0.15, -0.1) is 0 Å². The molecule has 3 rings (SSSR count). The number of halogens is 2. The molecule has 2 aromatic heterocycles. The van der Waals surface area contributed by atoms with Gasteiger partial charge in [-0.3, -0.25) is 9.48 Å². The van der Waals surface area contributed by atoms with E-state index in [-0.39, 0.29) is 12.6 Å². The first kappa shape index (κ1) is 17.5. The van der Waals surface area contributed by atoms with Crippen molar-refractivity contribution < 1.29 is 9.53 Å². The van der Waals surface area contributed by atoms with E-state index in [1.165, 1.54) is 6.20 Å². The fraction of sp³-hybridized carbons (Fsp3) is 0.188. The Balaban J connectivity index is 1.45. The SMILES string of the molecule is O=C(CCn1cc(Cl)cn1)Nc1cnn(COc2ccc(Br)cc2)c1. The van der Waals surface area contributed by atoms with Crippen molar-refractivity contribution in [3.63, 3.8) is 0 Å². The molecule has 1 N–H and O–H groups in total. The number of amides is 1. The summed E-state index contributed by atoms with van der Waals surface area (Å²) in [6.45, 7) is 0.711. The van der Waals surface area contributed by atoms with Crippen molar-refractivity contribution >= 4 is 39.1 Å². The fourth-order valence-electron chi connectivity index (χ4n) is 2.07. The van der Waals surface area contributed by atoms with Crippen LogP contribution >= 0.6 is 27.5 Å². The van der Waals surface area contributed by atoms with Crippen molar-refractivity contribution in [3.05, 3.63) is 58.5 Å². The van der Waals surface area contributed by atoms with Gasteiger partial charge < -0.3 is 10.1 Å². The maximum Gasteiger partial charge on any atom is 0.226 e. The number of hydrogen-bond acceptors (Lipinski definition) is 4. The first-order valence-corrected chi connectivity index (χ1v) is 8.64. The zero-order valence-corrected chi connectivity index (χ0v) is 15.4. The standard InChI is InChI=1S/C16H15BrClN5O2/c17-12-1-3-15(4-2-12)25-11-23-10-14(8-20-23)21-16(24)5-6-22-9-13(18)7-19-22/h1-4,7-10H,5-6,11H2,(H,21,24). The third kappa shape index (κ3) is 5.33. The monoisotopic (exact) mass is 423 g/mol. The predicted molar refractivity (Wildman–Crippen MR) is 97.5 cm³/mol. The van der Waals surface area contributed by atoms with Crippen LogP contribution in [0.3, 0.4) is 0 Å². The topological polar surface area (TPSA) is 74.0 Å². The number of nitrogens with zero attached hydrogens (tertiary/aromatic N) is 4. The lowest BCUT2D eigenvalue weighted by Crippen LogP contribution is -2.14. The number of anilines is 1. The minimum atomic E-state index is -0.125. The number of aromatic nitrogens is 4. The van der Waals surface area contributed by atoms with Crippen molar-refractivity contribution in [2.24, 2.45) is 0 Å². The number of benzene rings is 1. The normalized spacial score (nSPS) is 10.6. The van der Waals surface area contributed by atoms with Crippen molar-refractivity contribution in [2.75, 3.05) is 5.32 Å². The molecule has 0 radical (unpaired) electrons. The minimum absolute atomic E-state index is 0.125. The molecule has 130 valence electrons. The number of carbonyl (C=O) groups excluding carboxylic acids is 1. The molecule has 0 saturated carbocycles. The highest BCUT2D eigenvalue weighted by atomic mass is 79.9. The Morgan fingerprint density at radius 2 is 1.92 bits per heavy atom. The highest BCUT2D eigenvalue weighted by molar-refractivity contribution is 9.10. The van der Waals surface area contributed by atoms with Gasteiger partial charge in [0.15, 0.2) is 6.73 Å². The van der Waals surface area contributed by atoms with Gasteiger partial charge in [-0.1, -0.05) is 27.5 Å². The Bertz CT molecular complexity index is 846. The number of aryl methyl sites for hydroxylation is 1. The number of hydrogen-bond donors (Lipinski definition) is 1. The van der Waals surface area contributed by atoms with Crippen molar-refractivity contribution in [3.8, 4) is 5.75 Å². The molecule has 0 saturated heterocycles. The summed E-state index contributed by atoms with van der Waals surface area (Å²) in [5, 5.41) is 11.5. The first-order valence-electron chi connectivity index (χ1n) is 7.47. The van der Waals surface area contributed by atoms with E-state index < -0.39 is 0 Å². The summed E-state index contributed by atoms with van der Waals surface area (Å²) >= 11 is 9.15. The molecule has 0 bridgehead atoms. The lowest BCUT2D eigenvalue weighted by molar-refractivity contribution is -0.116. The first-order chi connectivity index (χ1) is 12.1. The van der Waals surface area contributed by atoms with E-state index in [0.717, 1.165) is 10.2 Å². The van der Waals surface area contributed by atoms with Crippen LogP contribution in [0.5, 0.6) is 5.75 Å². The Morgan fingerprint density at radius 1 is 1.16 bits per heavy atom. The van der Waals surface area contributed by atoms with Crippen molar-refractivity contribution in [2.45, 2.75) is 19.7 Å². The summed E-state index contributed by atoms with van der Waals surface area (Å²) in [6, 6.07) is 7.52. The van der Waals surface area contributed by atoms with Crippen LogP contribution in [0.25, 0.3) is 0 Å². The highest BCUT2D eigenvalue weighted by Gasteiger charge is 2.06. The van der Waals surface area contributed by atoms with Gasteiger partial charge in [0.1, 0.15) is 5.75 Å². The maximum absolute atomic E-state index is 12.0. The molecule has 0 aliphatic carbocycles. The van der Waals surface area contributed by atoms with E-state index in [1.807, 2.05) is 24.3 Å². The van der Waals surface area contributed by atoms with E-state index >= 15 is 0 Å². The quantitative estimate of drug-likeness (QED) is 0.629. The van der Waals surface area contributed by atoms with Gasteiger partial charge in [0, 0.05) is 23.6 Å². The van der Waals surface area contributed by atoms with Crippen LogP contribution in [0.4, 0.5) is 5.69 Å².